The molecule has 0 spiro atoms. The lowest BCUT2D eigenvalue weighted by Crippen LogP contribution is -2.53. The zero-order valence-corrected chi connectivity index (χ0v) is 16.5. The van der Waals surface area contributed by atoms with Gasteiger partial charge in [0, 0.05) is 30.8 Å². The lowest BCUT2D eigenvalue weighted by Gasteiger charge is -2.55. The van der Waals surface area contributed by atoms with Gasteiger partial charge < -0.3 is 10.6 Å². The maximum atomic E-state index is 12.9. The molecule has 0 aromatic carbocycles. The molecule has 29 heavy (non-hydrogen) atoms. The van der Waals surface area contributed by atoms with Crippen molar-refractivity contribution in [1.82, 2.24) is 19.9 Å². The number of amides is 2. The number of aromatic nitrogens is 3. The SMILES string of the molecule is O=C(CCNC(=O)C12CC3CC(CC(C3)C1)C2)Nc1ccc(-n2ccnc2)nc1. The number of nitrogens with zero attached hydrogens (tertiary/aromatic N) is 3. The van der Waals surface area contributed by atoms with Crippen LogP contribution in [0.4, 0.5) is 5.69 Å². The van der Waals surface area contributed by atoms with E-state index in [4.69, 9.17) is 0 Å². The van der Waals surface area contributed by atoms with Gasteiger partial charge in [0.1, 0.15) is 12.1 Å². The molecule has 0 radical (unpaired) electrons. The van der Waals surface area contributed by atoms with Crippen LogP contribution in [0.1, 0.15) is 44.9 Å². The van der Waals surface area contributed by atoms with Gasteiger partial charge in [-0.05, 0) is 68.4 Å². The van der Waals surface area contributed by atoms with Crippen LogP contribution in [0.5, 0.6) is 0 Å². The molecule has 0 unspecified atom stereocenters. The van der Waals surface area contributed by atoms with E-state index in [1.165, 1.54) is 19.3 Å². The average molecular weight is 393 g/mol. The Kier molecular flexibility index (Phi) is 4.60. The summed E-state index contributed by atoms with van der Waals surface area (Å²) >= 11 is 0. The summed E-state index contributed by atoms with van der Waals surface area (Å²) in [7, 11) is 0. The van der Waals surface area contributed by atoms with E-state index < -0.39 is 0 Å². The minimum Gasteiger partial charge on any atom is -0.355 e. The van der Waals surface area contributed by atoms with E-state index in [2.05, 4.69) is 20.6 Å². The minimum absolute atomic E-state index is 0.118. The second-order valence-electron chi connectivity index (χ2n) is 9.13. The van der Waals surface area contributed by atoms with Crippen molar-refractivity contribution >= 4 is 17.5 Å². The van der Waals surface area contributed by atoms with Crippen LogP contribution >= 0.6 is 0 Å². The van der Waals surface area contributed by atoms with E-state index in [0.717, 1.165) is 42.8 Å². The number of anilines is 1. The van der Waals surface area contributed by atoms with Crippen molar-refractivity contribution in [3.05, 3.63) is 37.1 Å². The second-order valence-corrected chi connectivity index (χ2v) is 9.13. The fourth-order valence-corrected chi connectivity index (χ4v) is 6.10. The van der Waals surface area contributed by atoms with E-state index >= 15 is 0 Å². The monoisotopic (exact) mass is 393 g/mol. The molecule has 2 N–H and O–H groups in total. The first-order valence-corrected chi connectivity index (χ1v) is 10.6. The number of hydrogen-bond donors (Lipinski definition) is 2. The first-order chi connectivity index (χ1) is 14.1. The van der Waals surface area contributed by atoms with E-state index in [1.54, 1.807) is 23.3 Å². The van der Waals surface area contributed by atoms with Crippen LogP contribution in [0.2, 0.25) is 0 Å². The summed E-state index contributed by atoms with van der Waals surface area (Å²) in [4.78, 5) is 33.5. The largest absolute Gasteiger partial charge is 0.355 e. The number of carbonyl (C=O) groups is 2. The molecular weight excluding hydrogens is 366 g/mol. The molecule has 2 aromatic rings. The smallest absolute Gasteiger partial charge is 0.226 e. The molecule has 0 saturated heterocycles. The molecule has 7 nitrogen and oxygen atoms in total. The Morgan fingerprint density at radius 3 is 2.41 bits per heavy atom. The van der Waals surface area contributed by atoms with Crippen LogP contribution in [0, 0.1) is 23.2 Å². The van der Waals surface area contributed by atoms with Crippen molar-refractivity contribution in [2.24, 2.45) is 23.2 Å². The molecule has 4 saturated carbocycles. The summed E-state index contributed by atoms with van der Waals surface area (Å²) in [5, 5.41) is 5.90. The third kappa shape index (κ3) is 3.66. The van der Waals surface area contributed by atoms with Gasteiger partial charge in [-0.2, -0.15) is 0 Å². The summed E-state index contributed by atoms with van der Waals surface area (Å²) in [6.45, 7) is 0.382. The topological polar surface area (TPSA) is 88.9 Å². The number of imidazole rings is 1. The normalized spacial score (nSPS) is 29.6. The summed E-state index contributed by atoms with van der Waals surface area (Å²) < 4.78 is 1.80. The molecule has 4 fully saturated rings. The third-order valence-electron chi connectivity index (χ3n) is 6.96. The molecular formula is C22H27N5O2. The van der Waals surface area contributed by atoms with Crippen LogP contribution < -0.4 is 10.6 Å². The van der Waals surface area contributed by atoms with Gasteiger partial charge in [0.05, 0.1) is 11.9 Å². The first-order valence-electron chi connectivity index (χ1n) is 10.6. The number of hydrogen-bond acceptors (Lipinski definition) is 4. The molecule has 2 aromatic heterocycles. The highest BCUT2D eigenvalue weighted by Gasteiger charge is 2.54. The molecule has 152 valence electrons. The summed E-state index contributed by atoms with van der Waals surface area (Å²) in [5.74, 6) is 3.03. The predicted molar refractivity (Wildman–Crippen MR) is 108 cm³/mol. The third-order valence-corrected chi connectivity index (χ3v) is 6.96. The second kappa shape index (κ2) is 7.28. The average Bonchev–Trinajstić information content (AvgIpc) is 3.22. The van der Waals surface area contributed by atoms with E-state index in [0.29, 0.717) is 12.2 Å². The Hall–Kier alpha value is -2.70. The predicted octanol–water partition coefficient (Wildman–Crippen LogP) is 2.93. The minimum atomic E-state index is -0.154. The molecule has 4 aliphatic carbocycles. The molecule has 6 rings (SSSR count). The first kappa shape index (κ1) is 18.3. The van der Waals surface area contributed by atoms with E-state index in [-0.39, 0.29) is 23.7 Å². The van der Waals surface area contributed by atoms with Crippen molar-refractivity contribution in [1.29, 1.82) is 0 Å². The van der Waals surface area contributed by atoms with Gasteiger partial charge in [-0.15, -0.1) is 0 Å². The fraction of sp³-hybridized carbons (Fsp3) is 0.545. The van der Waals surface area contributed by atoms with Crippen molar-refractivity contribution in [3.63, 3.8) is 0 Å². The van der Waals surface area contributed by atoms with E-state index in [9.17, 15) is 9.59 Å². The van der Waals surface area contributed by atoms with Crippen LogP contribution in [-0.2, 0) is 9.59 Å². The Bertz CT molecular complexity index is 855. The Morgan fingerprint density at radius 2 is 1.83 bits per heavy atom. The van der Waals surface area contributed by atoms with Crippen LogP contribution in [0.15, 0.2) is 37.1 Å². The molecule has 2 heterocycles. The summed E-state index contributed by atoms with van der Waals surface area (Å²) in [6.07, 6.45) is 14.2. The lowest BCUT2D eigenvalue weighted by molar-refractivity contribution is -0.146. The van der Waals surface area contributed by atoms with Crippen molar-refractivity contribution in [2.75, 3.05) is 11.9 Å². The number of nitrogens with one attached hydrogen (secondary N) is 2. The van der Waals surface area contributed by atoms with Gasteiger partial charge in [-0.3, -0.25) is 14.2 Å². The Morgan fingerprint density at radius 1 is 1.10 bits per heavy atom. The Balaban J connectivity index is 1.10. The fourth-order valence-electron chi connectivity index (χ4n) is 6.10. The van der Waals surface area contributed by atoms with Crippen LogP contribution in [0.3, 0.4) is 0 Å². The molecule has 0 atom stereocenters. The van der Waals surface area contributed by atoms with Gasteiger partial charge >= 0.3 is 0 Å². The van der Waals surface area contributed by atoms with Crippen LogP contribution in [0.25, 0.3) is 5.82 Å². The van der Waals surface area contributed by atoms with E-state index in [1.807, 2.05) is 18.3 Å². The van der Waals surface area contributed by atoms with Gasteiger partial charge in [-0.1, -0.05) is 0 Å². The maximum absolute atomic E-state index is 12.9. The van der Waals surface area contributed by atoms with Crippen molar-refractivity contribution in [2.45, 2.75) is 44.9 Å². The number of carbonyl (C=O) groups excluding carboxylic acids is 2. The van der Waals surface area contributed by atoms with Crippen LogP contribution in [-0.4, -0.2) is 32.9 Å². The molecule has 4 bridgehead atoms. The standard InChI is InChI=1S/C22H27N5O2/c28-20(26-18-1-2-19(25-13-18)27-6-5-23-14-27)3-4-24-21(29)22-10-15-7-16(11-22)9-17(8-15)12-22/h1-2,5-6,13-17H,3-4,7-12H2,(H,24,29)(H,26,28). The molecule has 2 amide bonds. The van der Waals surface area contributed by atoms with Gasteiger partial charge in [0.2, 0.25) is 11.8 Å². The van der Waals surface area contributed by atoms with Gasteiger partial charge in [-0.25, -0.2) is 9.97 Å². The number of pyridine rings is 1. The maximum Gasteiger partial charge on any atom is 0.226 e. The van der Waals surface area contributed by atoms with Gasteiger partial charge in [0.15, 0.2) is 0 Å². The highest BCUT2D eigenvalue weighted by molar-refractivity contribution is 5.91. The zero-order chi connectivity index (χ0) is 19.8. The number of rotatable bonds is 6. The van der Waals surface area contributed by atoms with Crippen molar-refractivity contribution < 1.29 is 9.59 Å². The Labute approximate surface area is 170 Å². The molecule has 4 aliphatic rings. The highest BCUT2D eigenvalue weighted by Crippen LogP contribution is 2.60. The summed E-state index contributed by atoms with van der Waals surface area (Å²) in [6, 6.07) is 3.64. The lowest BCUT2D eigenvalue weighted by atomic mass is 9.49. The molecule has 7 heteroatoms. The summed E-state index contributed by atoms with van der Waals surface area (Å²) in [5.41, 5.74) is 0.490. The van der Waals surface area contributed by atoms with Gasteiger partial charge in [0.25, 0.3) is 0 Å². The van der Waals surface area contributed by atoms with Crippen molar-refractivity contribution in [3.8, 4) is 5.82 Å². The quantitative estimate of drug-likeness (QED) is 0.790. The zero-order valence-electron chi connectivity index (χ0n) is 16.5. The highest BCUT2D eigenvalue weighted by atomic mass is 16.2. The molecule has 0 aliphatic heterocycles.